The lowest BCUT2D eigenvalue weighted by atomic mass is 10.1. The molecule has 1 aliphatic rings. The van der Waals surface area contributed by atoms with Crippen molar-refractivity contribution in [2.75, 3.05) is 5.32 Å². The number of carbonyl (C=O) groups excluding carboxylic acids is 1. The predicted octanol–water partition coefficient (Wildman–Crippen LogP) is 1.71. The Bertz CT molecular complexity index is 349. The van der Waals surface area contributed by atoms with Gasteiger partial charge in [-0.3, -0.25) is 0 Å². The van der Waals surface area contributed by atoms with Crippen molar-refractivity contribution in [2.24, 2.45) is 0 Å². The molecular formula is C11H13NO2. The molecule has 14 heavy (non-hydrogen) atoms. The molecule has 1 atom stereocenters. The minimum Gasteiger partial charge on any atom is -0.508 e. The summed E-state index contributed by atoms with van der Waals surface area (Å²) < 4.78 is 0. The Morgan fingerprint density at radius 1 is 1.50 bits per heavy atom. The van der Waals surface area contributed by atoms with Crippen molar-refractivity contribution in [2.45, 2.75) is 25.3 Å². The van der Waals surface area contributed by atoms with Crippen molar-refractivity contribution >= 4 is 12.0 Å². The van der Waals surface area contributed by atoms with E-state index in [0.717, 1.165) is 36.8 Å². The first-order chi connectivity index (χ1) is 6.79. The first-order valence-electron chi connectivity index (χ1n) is 4.83. The molecule has 0 aliphatic carbocycles. The fourth-order valence-corrected chi connectivity index (χ4v) is 1.81. The number of benzene rings is 1. The van der Waals surface area contributed by atoms with Gasteiger partial charge in [0.05, 0.1) is 6.04 Å². The zero-order valence-corrected chi connectivity index (χ0v) is 7.86. The molecule has 1 heterocycles. The molecule has 1 aliphatic heterocycles. The molecule has 74 valence electrons. The van der Waals surface area contributed by atoms with E-state index in [4.69, 9.17) is 0 Å². The lowest BCUT2D eigenvalue weighted by Gasteiger charge is -2.11. The van der Waals surface area contributed by atoms with Gasteiger partial charge in [-0.2, -0.15) is 0 Å². The monoisotopic (exact) mass is 191 g/mol. The standard InChI is InChI=1S/C11H13NO2/c13-7-9-3-1-2-8-6-10(14)4-5-11(8)12-9/h4-7,9,12,14H,1-3H2. The lowest BCUT2D eigenvalue weighted by Crippen LogP contribution is -2.19. The van der Waals surface area contributed by atoms with Gasteiger partial charge in [-0.1, -0.05) is 0 Å². The topological polar surface area (TPSA) is 49.3 Å². The number of fused-ring (bicyclic) bond motifs is 1. The van der Waals surface area contributed by atoms with Crippen LogP contribution < -0.4 is 5.32 Å². The Kier molecular flexibility index (Phi) is 2.39. The van der Waals surface area contributed by atoms with Crippen LogP contribution >= 0.6 is 0 Å². The second-order valence-electron chi connectivity index (χ2n) is 3.62. The number of rotatable bonds is 1. The van der Waals surface area contributed by atoms with E-state index < -0.39 is 0 Å². The van der Waals surface area contributed by atoms with Crippen molar-refractivity contribution in [3.05, 3.63) is 23.8 Å². The third-order valence-electron chi connectivity index (χ3n) is 2.56. The van der Waals surface area contributed by atoms with E-state index >= 15 is 0 Å². The van der Waals surface area contributed by atoms with E-state index in [0.29, 0.717) is 0 Å². The summed E-state index contributed by atoms with van der Waals surface area (Å²) in [5, 5.41) is 12.5. The van der Waals surface area contributed by atoms with Gasteiger partial charge in [-0.25, -0.2) is 0 Å². The Morgan fingerprint density at radius 2 is 2.36 bits per heavy atom. The fourth-order valence-electron chi connectivity index (χ4n) is 1.81. The van der Waals surface area contributed by atoms with Crippen LogP contribution in [0.5, 0.6) is 5.75 Å². The van der Waals surface area contributed by atoms with Crippen molar-refractivity contribution in [3.63, 3.8) is 0 Å². The molecule has 2 rings (SSSR count). The minimum atomic E-state index is -0.0826. The molecule has 3 nitrogen and oxygen atoms in total. The molecular weight excluding hydrogens is 178 g/mol. The Labute approximate surface area is 82.8 Å². The summed E-state index contributed by atoms with van der Waals surface area (Å²) in [6, 6.07) is 5.14. The number of aromatic hydroxyl groups is 1. The number of anilines is 1. The highest BCUT2D eigenvalue weighted by atomic mass is 16.3. The normalized spacial score (nSPS) is 20.4. The first kappa shape index (κ1) is 9.06. The SMILES string of the molecule is O=CC1CCCc2cc(O)ccc2N1. The molecule has 0 fully saturated rings. The molecule has 0 saturated carbocycles. The van der Waals surface area contributed by atoms with Crippen molar-refractivity contribution in [1.82, 2.24) is 0 Å². The Balaban J connectivity index is 2.31. The van der Waals surface area contributed by atoms with Crippen molar-refractivity contribution in [3.8, 4) is 5.75 Å². The van der Waals surface area contributed by atoms with Crippen LogP contribution in [0.4, 0.5) is 5.69 Å². The summed E-state index contributed by atoms with van der Waals surface area (Å²) in [4.78, 5) is 10.7. The summed E-state index contributed by atoms with van der Waals surface area (Å²) in [6.07, 6.45) is 3.70. The molecule has 0 bridgehead atoms. The quantitative estimate of drug-likeness (QED) is 0.524. The van der Waals surface area contributed by atoms with Crippen LogP contribution in [0.2, 0.25) is 0 Å². The maximum Gasteiger partial charge on any atom is 0.142 e. The Morgan fingerprint density at radius 3 is 3.14 bits per heavy atom. The van der Waals surface area contributed by atoms with E-state index in [1.165, 1.54) is 0 Å². The van der Waals surface area contributed by atoms with Gasteiger partial charge < -0.3 is 15.2 Å². The zero-order chi connectivity index (χ0) is 9.97. The number of phenolic OH excluding ortho intramolecular Hbond substituents is 1. The summed E-state index contributed by atoms with van der Waals surface area (Å²) >= 11 is 0. The van der Waals surface area contributed by atoms with Gasteiger partial charge >= 0.3 is 0 Å². The van der Waals surface area contributed by atoms with E-state index in [1.807, 2.05) is 6.07 Å². The van der Waals surface area contributed by atoms with Crippen LogP contribution in [-0.2, 0) is 11.2 Å². The average Bonchev–Trinajstić information content (AvgIpc) is 2.38. The second kappa shape index (κ2) is 3.70. The molecule has 0 aromatic heterocycles. The number of phenols is 1. The van der Waals surface area contributed by atoms with Crippen LogP contribution in [0.1, 0.15) is 18.4 Å². The molecule has 1 unspecified atom stereocenters. The molecule has 1 aromatic rings. The van der Waals surface area contributed by atoms with E-state index in [9.17, 15) is 9.90 Å². The number of hydrogen-bond acceptors (Lipinski definition) is 3. The molecule has 1 aromatic carbocycles. The number of aldehydes is 1. The molecule has 0 spiro atoms. The maximum absolute atomic E-state index is 10.7. The fraction of sp³-hybridized carbons (Fsp3) is 0.364. The van der Waals surface area contributed by atoms with Gasteiger partial charge in [0.2, 0.25) is 0 Å². The first-order valence-corrected chi connectivity index (χ1v) is 4.83. The van der Waals surface area contributed by atoms with Gasteiger partial charge in [0.25, 0.3) is 0 Å². The number of carbonyl (C=O) groups is 1. The third-order valence-corrected chi connectivity index (χ3v) is 2.56. The number of aryl methyl sites for hydroxylation is 1. The van der Waals surface area contributed by atoms with Crippen molar-refractivity contribution in [1.29, 1.82) is 0 Å². The average molecular weight is 191 g/mol. The van der Waals surface area contributed by atoms with Gasteiger partial charge in [0.15, 0.2) is 0 Å². The van der Waals surface area contributed by atoms with Gasteiger partial charge in [-0.15, -0.1) is 0 Å². The molecule has 2 N–H and O–H groups in total. The minimum absolute atomic E-state index is 0.0826. The van der Waals surface area contributed by atoms with Gasteiger partial charge in [0.1, 0.15) is 12.0 Å². The van der Waals surface area contributed by atoms with Crippen LogP contribution in [0, 0.1) is 0 Å². The molecule has 0 radical (unpaired) electrons. The highest BCUT2D eigenvalue weighted by molar-refractivity contribution is 5.67. The number of hydrogen-bond donors (Lipinski definition) is 2. The summed E-state index contributed by atoms with van der Waals surface area (Å²) in [6.45, 7) is 0. The third kappa shape index (κ3) is 1.71. The molecule has 0 amide bonds. The van der Waals surface area contributed by atoms with Crippen LogP contribution in [0.15, 0.2) is 18.2 Å². The molecule has 3 heteroatoms. The van der Waals surface area contributed by atoms with Crippen molar-refractivity contribution < 1.29 is 9.90 Å². The highest BCUT2D eigenvalue weighted by Gasteiger charge is 2.14. The zero-order valence-electron chi connectivity index (χ0n) is 7.86. The van der Waals surface area contributed by atoms with E-state index in [1.54, 1.807) is 12.1 Å². The summed E-state index contributed by atoms with van der Waals surface area (Å²) in [7, 11) is 0. The Hall–Kier alpha value is -1.51. The smallest absolute Gasteiger partial charge is 0.142 e. The van der Waals surface area contributed by atoms with E-state index in [-0.39, 0.29) is 11.8 Å². The summed E-state index contributed by atoms with van der Waals surface area (Å²) in [5.41, 5.74) is 2.06. The van der Waals surface area contributed by atoms with Crippen LogP contribution in [0.25, 0.3) is 0 Å². The van der Waals surface area contributed by atoms with Gasteiger partial charge in [-0.05, 0) is 43.0 Å². The summed E-state index contributed by atoms with van der Waals surface area (Å²) in [5.74, 6) is 0.287. The second-order valence-corrected chi connectivity index (χ2v) is 3.62. The van der Waals surface area contributed by atoms with E-state index in [2.05, 4.69) is 5.32 Å². The lowest BCUT2D eigenvalue weighted by molar-refractivity contribution is -0.108. The molecule has 0 saturated heterocycles. The van der Waals surface area contributed by atoms with Crippen LogP contribution in [0.3, 0.4) is 0 Å². The maximum atomic E-state index is 10.7. The predicted molar refractivity (Wildman–Crippen MR) is 54.5 cm³/mol. The van der Waals surface area contributed by atoms with Gasteiger partial charge in [0, 0.05) is 5.69 Å². The highest BCUT2D eigenvalue weighted by Crippen LogP contribution is 2.26. The number of nitrogens with one attached hydrogen (secondary N) is 1. The van der Waals surface area contributed by atoms with Crippen LogP contribution in [-0.4, -0.2) is 17.4 Å². The largest absolute Gasteiger partial charge is 0.508 e.